The van der Waals surface area contributed by atoms with Crippen LogP contribution in [-0.2, 0) is 14.2 Å². The van der Waals surface area contributed by atoms with Crippen LogP contribution in [0.25, 0.3) is 0 Å². The molecule has 0 bridgehead atoms. The first-order valence-corrected chi connectivity index (χ1v) is 10.1. The minimum atomic E-state index is -1.69. The zero-order valence-electron chi connectivity index (χ0n) is 15.3. The van der Waals surface area contributed by atoms with E-state index in [1.165, 1.54) is 0 Å². The van der Waals surface area contributed by atoms with E-state index in [0.29, 0.717) is 0 Å². The molecule has 3 rings (SSSR count). The second kappa shape index (κ2) is 9.98. The van der Waals surface area contributed by atoms with Crippen LogP contribution >= 0.6 is 11.8 Å². The highest BCUT2D eigenvalue weighted by atomic mass is 32.2. The molecule has 0 saturated carbocycles. The fourth-order valence-corrected chi connectivity index (χ4v) is 4.37. The van der Waals surface area contributed by atoms with E-state index in [4.69, 9.17) is 14.2 Å². The van der Waals surface area contributed by atoms with Crippen molar-refractivity contribution in [2.24, 2.45) is 0 Å². The molecule has 11 heteroatoms. The molecule has 0 aliphatic carbocycles. The summed E-state index contributed by atoms with van der Waals surface area (Å²) < 4.78 is 16.5. The summed E-state index contributed by atoms with van der Waals surface area (Å²) in [6, 6.07) is 9.05. The molecule has 2 heterocycles. The molecule has 7 N–H and O–H groups in total. The molecule has 0 aromatic heterocycles. The summed E-state index contributed by atoms with van der Waals surface area (Å²) in [6.07, 6.45) is -12.9. The second-order valence-corrected chi connectivity index (χ2v) is 8.11. The fourth-order valence-electron chi connectivity index (χ4n) is 3.29. The van der Waals surface area contributed by atoms with Crippen molar-refractivity contribution in [3.8, 4) is 0 Å². The van der Waals surface area contributed by atoms with E-state index in [-0.39, 0.29) is 0 Å². The molecule has 10 nitrogen and oxygen atoms in total. The van der Waals surface area contributed by atoms with Crippen molar-refractivity contribution >= 4 is 11.8 Å². The van der Waals surface area contributed by atoms with Gasteiger partial charge in [-0.05, 0) is 12.1 Å². The number of rotatable bonds is 6. The minimum absolute atomic E-state index is 0.558. The first-order valence-electron chi connectivity index (χ1n) is 9.17. The molecule has 0 spiro atoms. The lowest BCUT2D eigenvalue weighted by Crippen LogP contribution is -2.64. The smallest absolute Gasteiger partial charge is 0.187 e. The van der Waals surface area contributed by atoms with Crippen LogP contribution in [0.3, 0.4) is 0 Å². The number of aliphatic hydroxyl groups excluding tert-OH is 7. The van der Waals surface area contributed by atoms with Crippen LogP contribution in [0.1, 0.15) is 0 Å². The predicted octanol–water partition coefficient (Wildman–Crippen LogP) is -2.60. The average Bonchev–Trinajstić information content (AvgIpc) is 2.74. The maximum absolute atomic E-state index is 10.6. The van der Waals surface area contributed by atoms with Gasteiger partial charge in [0.25, 0.3) is 0 Å². The molecule has 1 aromatic carbocycles. The Bertz CT molecular complexity index is 632. The Hall–Kier alpha value is -0.830. The Morgan fingerprint density at radius 3 is 2.03 bits per heavy atom. The highest BCUT2D eigenvalue weighted by Gasteiger charge is 2.50. The summed E-state index contributed by atoms with van der Waals surface area (Å²) >= 11 is 1.16. The van der Waals surface area contributed by atoms with Gasteiger partial charge in [-0.15, -0.1) is 0 Å². The topological polar surface area (TPSA) is 169 Å². The van der Waals surface area contributed by atoms with Crippen LogP contribution in [0.4, 0.5) is 0 Å². The van der Waals surface area contributed by atoms with Crippen LogP contribution in [-0.4, -0.2) is 110 Å². The summed E-state index contributed by atoms with van der Waals surface area (Å²) in [7, 11) is 0. The molecular weight excluding hydrogens is 408 g/mol. The molecule has 29 heavy (non-hydrogen) atoms. The van der Waals surface area contributed by atoms with Crippen molar-refractivity contribution in [3.05, 3.63) is 30.3 Å². The molecule has 0 radical (unpaired) electrons. The summed E-state index contributed by atoms with van der Waals surface area (Å²) in [5.41, 5.74) is -0.890. The van der Waals surface area contributed by atoms with Gasteiger partial charge < -0.3 is 50.0 Å². The number of hydrogen-bond acceptors (Lipinski definition) is 11. The van der Waals surface area contributed by atoms with Gasteiger partial charge in [0, 0.05) is 4.90 Å². The van der Waals surface area contributed by atoms with E-state index < -0.39 is 73.8 Å². The molecule has 10 atom stereocenters. The van der Waals surface area contributed by atoms with Gasteiger partial charge in [0.1, 0.15) is 54.3 Å². The maximum atomic E-state index is 10.6. The molecule has 2 aliphatic heterocycles. The SMILES string of the molecule is OC[C@@H]1O[C@H](O[C@H]2[C@@H](O)[C@H](O)[C@H](Sc3ccccc3)O[C@H]2CO)[C@H](O)[C@H](O)[C@@H]1O. The van der Waals surface area contributed by atoms with Crippen LogP contribution in [0, 0.1) is 0 Å². The molecule has 1 aromatic rings. The van der Waals surface area contributed by atoms with E-state index >= 15 is 0 Å². The van der Waals surface area contributed by atoms with Gasteiger partial charge in [0.2, 0.25) is 0 Å². The summed E-state index contributed by atoms with van der Waals surface area (Å²) in [5, 5.41) is 69.8. The molecule has 0 amide bonds. The van der Waals surface area contributed by atoms with Crippen molar-refractivity contribution in [1.29, 1.82) is 0 Å². The quantitative estimate of drug-likeness (QED) is 0.251. The van der Waals surface area contributed by atoms with Gasteiger partial charge in [-0.3, -0.25) is 0 Å². The Kier molecular flexibility index (Phi) is 7.87. The number of ether oxygens (including phenoxy) is 3. The average molecular weight is 434 g/mol. The summed E-state index contributed by atoms with van der Waals surface area (Å²) in [5.74, 6) is 0. The van der Waals surface area contributed by atoms with Gasteiger partial charge in [-0.25, -0.2) is 0 Å². The maximum Gasteiger partial charge on any atom is 0.187 e. The Balaban J connectivity index is 1.71. The summed E-state index contributed by atoms with van der Waals surface area (Å²) in [4.78, 5) is 0.786. The fraction of sp³-hybridized carbons (Fsp3) is 0.667. The van der Waals surface area contributed by atoms with Crippen molar-refractivity contribution in [2.75, 3.05) is 13.2 Å². The van der Waals surface area contributed by atoms with Crippen molar-refractivity contribution in [3.63, 3.8) is 0 Å². The van der Waals surface area contributed by atoms with Crippen LogP contribution in [0.5, 0.6) is 0 Å². The van der Waals surface area contributed by atoms with Crippen LogP contribution in [0.2, 0.25) is 0 Å². The van der Waals surface area contributed by atoms with Crippen molar-refractivity contribution < 1.29 is 50.0 Å². The van der Waals surface area contributed by atoms with Gasteiger partial charge >= 0.3 is 0 Å². The molecular formula is C18H26O10S. The summed E-state index contributed by atoms with van der Waals surface area (Å²) in [6.45, 7) is -1.20. The van der Waals surface area contributed by atoms with E-state index in [9.17, 15) is 35.7 Å². The molecule has 2 saturated heterocycles. The third kappa shape index (κ3) is 4.92. The van der Waals surface area contributed by atoms with E-state index in [0.717, 1.165) is 16.7 Å². The normalized spacial score (nSPS) is 43.3. The lowest BCUT2D eigenvalue weighted by molar-refractivity contribution is -0.338. The predicted molar refractivity (Wildman–Crippen MR) is 98.7 cm³/mol. The lowest BCUT2D eigenvalue weighted by atomic mass is 9.97. The number of benzene rings is 1. The third-order valence-corrected chi connectivity index (χ3v) is 6.12. The Labute approximate surface area is 171 Å². The second-order valence-electron chi connectivity index (χ2n) is 6.94. The van der Waals surface area contributed by atoms with E-state index in [2.05, 4.69) is 0 Å². The molecule has 2 aliphatic rings. The Morgan fingerprint density at radius 1 is 0.759 bits per heavy atom. The Morgan fingerprint density at radius 2 is 1.41 bits per heavy atom. The zero-order valence-corrected chi connectivity index (χ0v) is 16.2. The van der Waals surface area contributed by atoms with Gasteiger partial charge in [0.05, 0.1) is 13.2 Å². The highest BCUT2D eigenvalue weighted by molar-refractivity contribution is 7.99. The number of thioether (sulfide) groups is 1. The van der Waals surface area contributed by atoms with Gasteiger partial charge in [-0.1, -0.05) is 30.0 Å². The van der Waals surface area contributed by atoms with Gasteiger partial charge in [0.15, 0.2) is 6.29 Å². The van der Waals surface area contributed by atoms with Crippen molar-refractivity contribution in [2.45, 2.75) is 65.5 Å². The standard InChI is InChI=1S/C18H26O10S/c19-6-9-11(21)12(22)14(24)17(26-9)28-16-10(7-20)27-18(15(25)13(16)23)29-8-4-2-1-3-5-8/h1-5,9-25H,6-7H2/t9-,10-,11+,12+,13-,14+,15-,16+,17+,18-/m0/s1. The minimum Gasteiger partial charge on any atom is -0.394 e. The van der Waals surface area contributed by atoms with Crippen molar-refractivity contribution in [1.82, 2.24) is 0 Å². The largest absolute Gasteiger partial charge is 0.394 e. The third-order valence-electron chi connectivity index (χ3n) is 4.96. The number of aliphatic hydroxyl groups is 7. The first-order chi connectivity index (χ1) is 13.9. The zero-order chi connectivity index (χ0) is 21.1. The first kappa shape index (κ1) is 22.8. The molecule has 0 unspecified atom stereocenters. The highest BCUT2D eigenvalue weighted by Crippen LogP contribution is 2.35. The van der Waals surface area contributed by atoms with E-state index in [1.54, 1.807) is 12.1 Å². The monoisotopic (exact) mass is 434 g/mol. The lowest BCUT2D eigenvalue weighted by Gasteiger charge is -2.46. The van der Waals surface area contributed by atoms with E-state index in [1.807, 2.05) is 18.2 Å². The van der Waals surface area contributed by atoms with Gasteiger partial charge in [-0.2, -0.15) is 0 Å². The molecule has 2 fully saturated rings. The number of hydrogen-bond donors (Lipinski definition) is 7. The van der Waals surface area contributed by atoms with Crippen LogP contribution in [0.15, 0.2) is 35.2 Å². The van der Waals surface area contributed by atoms with Crippen LogP contribution < -0.4 is 0 Å². The molecule has 164 valence electrons.